The van der Waals surface area contributed by atoms with Crippen molar-refractivity contribution < 1.29 is 9.53 Å². The number of amides is 1. The Balaban J connectivity index is 1.95. The molecule has 0 bridgehead atoms. The highest BCUT2D eigenvalue weighted by Crippen LogP contribution is 2.30. The van der Waals surface area contributed by atoms with Crippen LogP contribution >= 0.6 is 0 Å². The van der Waals surface area contributed by atoms with Gasteiger partial charge in [-0.3, -0.25) is 4.90 Å². The summed E-state index contributed by atoms with van der Waals surface area (Å²) >= 11 is 0. The Labute approximate surface area is 148 Å². The van der Waals surface area contributed by atoms with Crippen molar-refractivity contribution in [1.29, 1.82) is 0 Å². The van der Waals surface area contributed by atoms with Crippen LogP contribution in [0.2, 0.25) is 0 Å². The van der Waals surface area contributed by atoms with Crippen LogP contribution < -0.4 is 5.32 Å². The summed E-state index contributed by atoms with van der Waals surface area (Å²) in [6, 6.07) is 9.79. The topological polar surface area (TPSA) is 67.3 Å². The number of ether oxygens (including phenoxy) is 1. The minimum absolute atomic E-state index is 0.167. The first kappa shape index (κ1) is 17.4. The van der Waals surface area contributed by atoms with Gasteiger partial charge in [-0.05, 0) is 20.8 Å². The number of hydrogen-bond acceptors (Lipinski definition) is 5. The van der Waals surface area contributed by atoms with Crippen molar-refractivity contribution in [1.82, 2.24) is 20.2 Å². The fourth-order valence-electron chi connectivity index (χ4n) is 2.94. The molecular formula is C19H24N4O2. The number of nitrogens with one attached hydrogen (secondary N) is 1. The van der Waals surface area contributed by atoms with Gasteiger partial charge in [-0.1, -0.05) is 30.3 Å². The number of benzene rings is 1. The van der Waals surface area contributed by atoms with E-state index in [1.54, 1.807) is 17.4 Å². The maximum atomic E-state index is 12.7. The highest BCUT2D eigenvalue weighted by atomic mass is 16.6. The van der Waals surface area contributed by atoms with Crippen molar-refractivity contribution in [2.75, 3.05) is 19.6 Å². The normalized spacial score (nSPS) is 18.0. The van der Waals surface area contributed by atoms with Gasteiger partial charge in [-0.15, -0.1) is 0 Å². The van der Waals surface area contributed by atoms with E-state index in [4.69, 9.17) is 4.74 Å². The lowest BCUT2D eigenvalue weighted by Gasteiger charge is -2.37. The lowest BCUT2D eigenvalue weighted by Crippen LogP contribution is -2.50. The smallest absolute Gasteiger partial charge is 0.410 e. The highest BCUT2D eigenvalue weighted by molar-refractivity contribution is 5.70. The van der Waals surface area contributed by atoms with Gasteiger partial charge in [0, 0.05) is 37.0 Å². The van der Waals surface area contributed by atoms with Crippen molar-refractivity contribution >= 4 is 6.09 Å². The molecule has 1 atom stereocenters. The van der Waals surface area contributed by atoms with E-state index in [2.05, 4.69) is 15.3 Å². The highest BCUT2D eigenvalue weighted by Gasteiger charge is 2.33. The van der Waals surface area contributed by atoms with Crippen molar-refractivity contribution in [3.8, 4) is 11.3 Å². The van der Waals surface area contributed by atoms with E-state index < -0.39 is 5.60 Å². The van der Waals surface area contributed by atoms with Crippen LogP contribution in [0.25, 0.3) is 11.3 Å². The predicted octanol–water partition coefficient (Wildman–Crippen LogP) is 3.03. The lowest BCUT2D eigenvalue weighted by atomic mass is 9.99. The molecule has 0 aliphatic carbocycles. The number of nitrogens with zero attached hydrogens (tertiary/aromatic N) is 3. The molecule has 1 N–H and O–H groups in total. The molecular weight excluding hydrogens is 316 g/mol. The van der Waals surface area contributed by atoms with E-state index in [0.717, 1.165) is 23.4 Å². The number of carbonyl (C=O) groups excluding carboxylic acids is 1. The fourth-order valence-corrected chi connectivity index (χ4v) is 2.94. The maximum Gasteiger partial charge on any atom is 0.410 e. The van der Waals surface area contributed by atoms with Crippen LogP contribution in [0.4, 0.5) is 4.79 Å². The average Bonchev–Trinajstić information content (AvgIpc) is 2.61. The van der Waals surface area contributed by atoms with Gasteiger partial charge >= 0.3 is 6.09 Å². The van der Waals surface area contributed by atoms with Gasteiger partial charge in [-0.25, -0.2) is 14.8 Å². The Morgan fingerprint density at radius 2 is 2.04 bits per heavy atom. The van der Waals surface area contributed by atoms with E-state index in [1.807, 2.05) is 51.1 Å². The molecule has 1 aliphatic heterocycles. The van der Waals surface area contributed by atoms with E-state index in [9.17, 15) is 4.79 Å². The van der Waals surface area contributed by atoms with Gasteiger partial charge in [0.15, 0.2) is 0 Å². The lowest BCUT2D eigenvalue weighted by molar-refractivity contribution is 0.0118. The van der Waals surface area contributed by atoms with Crippen molar-refractivity contribution in [2.24, 2.45) is 0 Å². The molecule has 1 aliphatic rings. The summed E-state index contributed by atoms with van der Waals surface area (Å²) in [6.45, 7) is 7.61. The van der Waals surface area contributed by atoms with Gasteiger partial charge < -0.3 is 10.1 Å². The molecule has 0 spiro atoms. The first-order chi connectivity index (χ1) is 12.0. The largest absolute Gasteiger partial charge is 0.444 e. The standard InChI is InChI=1S/C19H24N4O2/c1-19(2,3)25-18(24)23-10-9-20-12-16(23)15-11-21-13-22-17(15)14-7-5-4-6-8-14/h4-8,11,13,16,20H,9-10,12H2,1-3H3. The van der Waals surface area contributed by atoms with Crippen LogP contribution in [-0.4, -0.2) is 46.2 Å². The molecule has 132 valence electrons. The summed E-state index contributed by atoms with van der Waals surface area (Å²) in [6.07, 6.45) is 3.03. The minimum Gasteiger partial charge on any atom is -0.444 e. The van der Waals surface area contributed by atoms with Crippen LogP contribution in [0.3, 0.4) is 0 Å². The van der Waals surface area contributed by atoms with Crippen molar-refractivity contribution in [2.45, 2.75) is 32.4 Å². The van der Waals surface area contributed by atoms with Crippen LogP contribution in [-0.2, 0) is 4.74 Å². The molecule has 1 aromatic heterocycles. The first-order valence-electron chi connectivity index (χ1n) is 8.51. The molecule has 0 radical (unpaired) electrons. The molecule has 6 nitrogen and oxygen atoms in total. The van der Waals surface area contributed by atoms with Gasteiger partial charge in [0.05, 0.1) is 11.7 Å². The summed E-state index contributed by atoms with van der Waals surface area (Å²) in [4.78, 5) is 23.1. The van der Waals surface area contributed by atoms with Gasteiger partial charge in [0.1, 0.15) is 11.9 Å². The molecule has 2 heterocycles. The quantitative estimate of drug-likeness (QED) is 0.910. The molecule has 0 saturated carbocycles. The Kier molecular flexibility index (Phi) is 4.99. The molecule has 1 saturated heterocycles. The van der Waals surface area contributed by atoms with Gasteiger partial charge in [0.25, 0.3) is 0 Å². The monoisotopic (exact) mass is 340 g/mol. The predicted molar refractivity (Wildman–Crippen MR) is 96.0 cm³/mol. The summed E-state index contributed by atoms with van der Waals surface area (Å²) in [5, 5.41) is 3.35. The second-order valence-electron chi connectivity index (χ2n) is 7.09. The Hall–Kier alpha value is -2.47. The third-order valence-corrected chi connectivity index (χ3v) is 4.02. The van der Waals surface area contributed by atoms with Crippen LogP contribution in [0.5, 0.6) is 0 Å². The second kappa shape index (κ2) is 7.19. The third kappa shape index (κ3) is 4.14. The average molecular weight is 340 g/mol. The molecule has 1 unspecified atom stereocenters. The Bertz CT molecular complexity index is 728. The van der Waals surface area contributed by atoms with E-state index in [-0.39, 0.29) is 12.1 Å². The number of piperazine rings is 1. The zero-order chi connectivity index (χ0) is 17.9. The van der Waals surface area contributed by atoms with Crippen molar-refractivity contribution in [3.05, 3.63) is 48.4 Å². The fraction of sp³-hybridized carbons (Fsp3) is 0.421. The summed E-state index contributed by atoms with van der Waals surface area (Å²) in [7, 11) is 0. The summed E-state index contributed by atoms with van der Waals surface area (Å²) in [5.74, 6) is 0. The number of rotatable bonds is 2. The molecule has 25 heavy (non-hydrogen) atoms. The number of hydrogen-bond donors (Lipinski definition) is 1. The van der Waals surface area contributed by atoms with Crippen LogP contribution in [0.1, 0.15) is 32.4 Å². The molecule has 1 amide bonds. The van der Waals surface area contributed by atoms with Gasteiger partial charge in [-0.2, -0.15) is 0 Å². The number of carbonyl (C=O) groups is 1. The first-order valence-corrected chi connectivity index (χ1v) is 8.51. The maximum absolute atomic E-state index is 12.7. The number of aromatic nitrogens is 2. The van der Waals surface area contributed by atoms with Crippen LogP contribution in [0.15, 0.2) is 42.9 Å². The molecule has 1 fully saturated rings. The van der Waals surface area contributed by atoms with Crippen LogP contribution in [0, 0.1) is 0 Å². The Morgan fingerprint density at radius 3 is 2.76 bits per heavy atom. The van der Waals surface area contributed by atoms with E-state index in [0.29, 0.717) is 13.1 Å². The SMILES string of the molecule is CC(C)(C)OC(=O)N1CCNCC1c1cncnc1-c1ccccc1. The molecule has 1 aromatic carbocycles. The zero-order valence-electron chi connectivity index (χ0n) is 14.9. The van der Waals surface area contributed by atoms with Gasteiger partial charge in [0.2, 0.25) is 0 Å². The third-order valence-electron chi connectivity index (χ3n) is 4.02. The second-order valence-corrected chi connectivity index (χ2v) is 7.09. The molecule has 6 heteroatoms. The minimum atomic E-state index is -0.526. The van der Waals surface area contributed by atoms with E-state index in [1.165, 1.54) is 0 Å². The molecule has 3 rings (SSSR count). The summed E-state index contributed by atoms with van der Waals surface area (Å²) in [5.41, 5.74) is 2.25. The van der Waals surface area contributed by atoms with E-state index >= 15 is 0 Å². The molecule has 2 aromatic rings. The Morgan fingerprint density at radius 1 is 1.28 bits per heavy atom. The zero-order valence-corrected chi connectivity index (χ0v) is 14.9. The summed E-state index contributed by atoms with van der Waals surface area (Å²) < 4.78 is 5.59. The van der Waals surface area contributed by atoms with Crippen molar-refractivity contribution in [3.63, 3.8) is 0 Å².